The lowest BCUT2D eigenvalue weighted by Crippen LogP contribution is -2.66. The van der Waals surface area contributed by atoms with Crippen LogP contribution in [0.15, 0.2) is 29.2 Å². The molecular formula is C21H27NO11S. The standard InChI is InChI=1S/C21H27NO11S/c1-11-6-8-16(9-7-11)34(27,28)22-18-20(31-14(4)25)19(30-13(3)24)17(10-29-12(2)23)33-21(18)32-15(5)26/h6-9,17-22H,10H2,1-5H3. The van der Waals surface area contributed by atoms with E-state index in [9.17, 15) is 27.6 Å². The molecule has 2 rings (SSSR count). The molecule has 1 heterocycles. The quantitative estimate of drug-likeness (QED) is 0.387. The van der Waals surface area contributed by atoms with Gasteiger partial charge < -0.3 is 23.7 Å². The van der Waals surface area contributed by atoms with Crippen molar-refractivity contribution in [3.8, 4) is 0 Å². The highest BCUT2D eigenvalue weighted by Gasteiger charge is 2.53. The van der Waals surface area contributed by atoms with Crippen LogP contribution in [0.5, 0.6) is 0 Å². The van der Waals surface area contributed by atoms with Gasteiger partial charge in [0.15, 0.2) is 12.2 Å². The summed E-state index contributed by atoms with van der Waals surface area (Å²) in [5.41, 5.74) is 0.818. The molecule has 1 aromatic carbocycles. The normalized spacial score (nSPS) is 24.6. The fourth-order valence-corrected chi connectivity index (χ4v) is 4.49. The van der Waals surface area contributed by atoms with Gasteiger partial charge in [-0.3, -0.25) is 19.2 Å². The van der Waals surface area contributed by atoms with Crippen molar-refractivity contribution in [2.45, 2.75) is 70.2 Å². The third-order valence-electron chi connectivity index (χ3n) is 4.61. The molecule has 188 valence electrons. The van der Waals surface area contributed by atoms with E-state index in [4.69, 9.17) is 23.7 Å². The minimum atomic E-state index is -4.25. The molecule has 13 heteroatoms. The van der Waals surface area contributed by atoms with Crippen molar-refractivity contribution in [1.82, 2.24) is 4.72 Å². The van der Waals surface area contributed by atoms with E-state index in [2.05, 4.69) is 4.72 Å². The van der Waals surface area contributed by atoms with E-state index in [1.807, 2.05) is 0 Å². The van der Waals surface area contributed by atoms with Gasteiger partial charge in [0.05, 0.1) is 4.90 Å². The Balaban J connectivity index is 2.52. The van der Waals surface area contributed by atoms with E-state index in [1.54, 1.807) is 19.1 Å². The second-order valence-corrected chi connectivity index (χ2v) is 9.28. The lowest BCUT2D eigenvalue weighted by Gasteiger charge is -2.44. The molecule has 34 heavy (non-hydrogen) atoms. The summed E-state index contributed by atoms with van der Waals surface area (Å²) in [5, 5.41) is 0. The van der Waals surface area contributed by atoms with E-state index < -0.39 is 71.2 Å². The number of ether oxygens (including phenoxy) is 5. The highest BCUT2D eigenvalue weighted by molar-refractivity contribution is 7.89. The van der Waals surface area contributed by atoms with Crippen LogP contribution >= 0.6 is 0 Å². The average molecular weight is 502 g/mol. The Morgan fingerprint density at radius 1 is 0.853 bits per heavy atom. The van der Waals surface area contributed by atoms with Crippen LogP contribution in [0.25, 0.3) is 0 Å². The van der Waals surface area contributed by atoms with Crippen LogP contribution < -0.4 is 4.72 Å². The van der Waals surface area contributed by atoms with Crippen LogP contribution in [-0.2, 0) is 52.9 Å². The summed E-state index contributed by atoms with van der Waals surface area (Å²) in [4.78, 5) is 46.6. The first-order valence-electron chi connectivity index (χ1n) is 10.2. The first kappa shape index (κ1) is 27.2. The summed E-state index contributed by atoms with van der Waals surface area (Å²) in [6.45, 7) is 5.66. The van der Waals surface area contributed by atoms with Gasteiger partial charge in [-0.25, -0.2) is 8.42 Å². The zero-order chi connectivity index (χ0) is 25.6. The summed E-state index contributed by atoms with van der Waals surface area (Å²) >= 11 is 0. The molecule has 0 radical (unpaired) electrons. The molecule has 1 aliphatic heterocycles. The molecule has 0 amide bonds. The predicted molar refractivity (Wildman–Crippen MR) is 113 cm³/mol. The molecule has 5 atom stereocenters. The first-order chi connectivity index (χ1) is 15.8. The van der Waals surface area contributed by atoms with E-state index in [0.29, 0.717) is 0 Å². The Hall–Kier alpha value is -3.03. The highest BCUT2D eigenvalue weighted by Crippen LogP contribution is 2.29. The van der Waals surface area contributed by atoms with Gasteiger partial charge in [0.2, 0.25) is 16.3 Å². The van der Waals surface area contributed by atoms with Gasteiger partial charge >= 0.3 is 23.9 Å². The van der Waals surface area contributed by atoms with Crippen molar-refractivity contribution in [3.05, 3.63) is 29.8 Å². The molecule has 1 N–H and O–H groups in total. The number of esters is 4. The van der Waals surface area contributed by atoms with E-state index in [-0.39, 0.29) is 4.90 Å². The summed E-state index contributed by atoms with van der Waals surface area (Å²) < 4.78 is 54.8. The van der Waals surface area contributed by atoms with Crippen LogP contribution in [0.3, 0.4) is 0 Å². The molecule has 0 aliphatic carbocycles. The van der Waals surface area contributed by atoms with Gasteiger partial charge in [-0.15, -0.1) is 0 Å². The van der Waals surface area contributed by atoms with Crippen LogP contribution in [0, 0.1) is 6.92 Å². The van der Waals surface area contributed by atoms with Crippen molar-refractivity contribution in [3.63, 3.8) is 0 Å². The Morgan fingerprint density at radius 2 is 1.38 bits per heavy atom. The third-order valence-corrected chi connectivity index (χ3v) is 6.08. The molecule has 1 aromatic rings. The Labute approximate surface area is 196 Å². The maximum absolute atomic E-state index is 13.1. The van der Waals surface area contributed by atoms with Crippen molar-refractivity contribution < 1.29 is 51.3 Å². The van der Waals surface area contributed by atoms with Crippen molar-refractivity contribution in [2.24, 2.45) is 0 Å². The van der Waals surface area contributed by atoms with Crippen molar-refractivity contribution >= 4 is 33.9 Å². The summed E-state index contributed by atoms with van der Waals surface area (Å²) in [6.07, 6.45) is -5.77. The van der Waals surface area contributed by atoms with E-state index in [1.165, 1.54) is 12.1 Å². The van der Waals surface area contributed by atoms with Gasteiger partial charge in [-0.05, 0) is 19.1 Å². The number of carbonyl (C=O) groups excluding carboxylic acids is 4. The smallest absolute Gasteiger partial charge is 0.304 e. The molecule has 0 spiro atoms. The molecule has 1 fully saturated rings. The van der Waals surface area contributed by atoms with Crippen LogP contribution in [0.4, 0.5) is 0 Å². The summed E-state index contributed by atoms with van der Waals surface area (Å²) in [7, 11) is -4.25. The highest BCUT2D eigenvalue weighted by atomic mass is 32.2. The van der Waals surface area contributed by atoms with Crippen molar-refractivity contribution in [1.29, 1.82) is 0 Å². The topological polar surface area (TPSA) is 161 Å². The second kappa shape index (κ2) is 11.4. The van der Waals surface area contributed by atoms with Gasteiger partial charge in [-0.1, -0.05) is 17.7 Å². The number of sulfonamides is 1. The lowest BCUT2D eigenvalue weighted by atomic mass is 9.97. The monoisotopic (exact) mass is 501 g/mol. The molecule has 12 nitrogen and oxygen atoms in total. The molecular weight excluding hydrogens is 474 g/mol. The Bertz CT molecular complexity index is 1020. The average Bonchev–Trinajstić information content (AvgIpc) is 2.70. The number of hydrogen-bond donors (Lipinski definition) is 1. The number of aryl methyl sites for hydroxylation is 1. The van der Waals surface area contributed by atoms with Gasteiger partial charge in [0, 0.05) is 27.7 Å². The maximum Gasteiger partial charge on any atom is 0.304 e. The summed E-state index contributed by atoms with van der Waals surface area (Å²) in [5.74, 6) is -3.15. The largest absolute Gasteiger partial charge is 0.463 e. The van der Waals surface area contributed by atoms with Gasteiger partial charge in [-0.2, -0.15) is 4.72 Å². The minimum absolute atomic E-state index is 0.118. The van der Waals surface area contributed by atoms with Crippen LogP contribution in [-0.4, -0.2) is 69.5 Å². The number of nitrogens with one attached hydrogen (secondary N) is 1. The molecule has 0 aromatic heterocycles. The zero-order valence-corrected chi connectivity index (χ0v) is 20.1. The molecule has 0 saturated carbocycles. The maximum atomic E-state index is 13.1. The second-order valence-electron chi connectivity index (χ2n) is 7.56. The third kappa shape index (κ3) is 7.50. The van der Waals surface area contributed by atoms with Gasteiger partial charge in [0.25, 0.3) is 0 Å². The van der Waals surface area contributed by atoms with E-state index >= 15 is 0 Å². The molecule has 5 unspecified atom stereocenters. The fraction of sp³-hybridized carbons (Fsp3) is 0.524. The van der Waals surface area contributed by atoms with Crippen LogP contribution in [0.1, 0.15) is 33.3 Å². The number of carbonyl (C=O) groups is 4. The lowest BCUT2D eigenvalue weighted by molar-refractivity contribution is -0.269. The fourth-order valence-electron chi connectivity index (χ4n) is 3.26. The molecule has 0 bridgehead atoms. The number of benzene rings is 1. The SMILES string of the molecule is CC(=O)OCC1OC(OC(C)=O)C(NS(=O)(=O)c2ccc(C)cc2)C(OC(C)=O)C1OC(C)=O. The molecule has 1 aliphatic rings. The number of hydrogen-bond acceptors (Lipinski definition) is 11. The van der Waals surface area contributed by atoms with Crippen molar-refractivity contribution in [2.75, 3.05) is 6.61 Å². The van der Waals surface area contributed by atoms with Crippen LogP contribution in [0.2, 0.25) is 0 Å². The first-order valence-corrected chi connectivity index (χ1v) is 11.7. The van der Waals surface area contributed by atoms with E-state index in [0.717, 1.165) is 33.3 Å². The van der Waals surface area contributed by atoms with Gasteiger partial charge in [0.1, 0.15) is 18.8 Å². The Kier molecular flexibility index (Phi) is 9.13. The number of rotatable bonds is 8. The molecule has 1 saturated heterocycles. The predicted octanol–water partition coefficient (Wildman–Crippen LogP) is 0.356. The summed E-state index contributed by atoms with van der Waals surface area (Å²) in [6, 6.07) is 4.36. The Morgan fingerprint density at radius 3 is 1.88 bits per heavy atom. The zero-order valence-electron chi connectivity index (χ0n) is 19.3. The minimum Gasteiger partial charge on any atom is -0.463 e.